The molecule has 90 heavy (non-hydrogen) atoms. The number of ether oxygens (including phenoxy) is 5. The molecule has 0 spiro atoms. The van der Waals surface area contributed by atoms with Gasteiger partial charge in [0, 0.05) is 88.9 Å². The van der Waals surface area contributed by atoms with Gasteiger partial charge < -0.3 is 70.7 Å². The molecular formula is C65H98N8O17. The SMILES string of the molecule is CO[C@H]([C@@H](C)[C@H]1O[C@]1(C)C[C@H](C)/C=C/C=C(\C)[C@H]1O[C@@H](CC(=O)N[C@@H](CCCOC(=O)N2CCN(C(=O)OCc3ccc(NC(=O)[C@H](CCCNC(N)=O)CC(=O)[C@@H](NC(=O)CCCCCN4C(=O)C=CC4=O)C(C)C)cc3)CC2)C(=O)O)CC[C@@H]1C)[C@@H](C)O. The standard InChI is InChI=1S/C65H98N8O17/c1-40(2)56(70-52(76)20-11-10-12-30-73-54(78)27-28-55(73)79)51(75)36-47(18-14-29-67-62(66)83)60(80)68-48-24-22-46(23-25-48)39-88-64(85)72-33-31-71(32-34-72)63(84)87-35-15-19-50(61(81)82)69-53(77)37-49-26-21-43(5)57(89-49)42(4)17-13-16-41(3)38-65(8)59(90-65)44(6)58(86-9)45(7)74/h13,16-17,22-25,27-28,40-41,43-45,47,49-50,56-59,74H,10-12,14-15,18-21,26,29-39H2,1-9H3,(H,68,80)(H,69,77)(H,70,76)(H,81,82)(H3,66,67,83)/b16-13+,42-17+/t41-,43+,44-,45-,47-,49-,50+,56+,57-,58-,59-,65-/m1/s1. The fraction of sp³-hybridized carbons (Fsp3) is 0.662. The molecule has 0 radical (unpaired) electrons. The van der Waals surface area contributed by atoms with E-state index in [1.54, 1.807) is 52.1 Å². The number of rotatable bonds is 36. The molecule has 4 aliphatic heterocycles. The number of carbonyl (C=O) groups is 10. The molecule has 0 aromatic heterocycles. The van der Waals surface area contributed by atoms with Crippen molar-refractivity contribution >= 4 is 65.2 Å². The second-order valence-electron chi connectivity index (χ2n) is 25.1. The Hall–Kier alpha value is -7.22. The molecule has 12 atom stereocenters. The Morgan fingerprint density at radius 1 is 0.844 bits per heavy atom. The number of methoxy groups -OCH3 is 1. The van der Waals surface area contributed by atoms with Gasteiger partial charge in [0.1, 0.15) is 12.6 Å². The number of unbranched alkanes of at least 4 members (excludes halogenated alkanes) is 2. The summed E-state index contributed by atoms with van der Waals surface area (Å²) in [6.45, 7) is 16.6. The molecule has 1 aromatic carbocycles. The number of urea groups is 1. The number of amides is 9. The minimum atomic E-state index is -1.21. The highest BCUT2D eigenvalue weighted by atomic mass is 16.6. The lowest BCUT2D eigenvalue weighted by atomic mass is 9.85. The number of carboxylic acids is 1. The molecule has 0 bridgehead atoms. The van der Waals surface area contributed by atoms with Crippen LogP contribution in [0, 0.1) is 29.6 Å². The van der Waals surface area contributed by atoms with Crippen LogP contribution in [0.15, 0.2) is 60.2 Å². The molecule has 9 amide bonds. The molecule has 0 aliphatic carbocycles. The van der Waals surface area contributed by atoms with Crippen molar-refractivity contribution in [3.05, 3.63) is 65.8 Å². The number of nitrogens with one attached hydrogen (secondary N) is 4. The number of carboxylic acid groups (broad SMARTS) is 1. The molecule has 0 unspecified atom stereocenters. The van der Waals surface area contributed by atoms with Crippen LogP contribution in [-0.4, -0.2) is 186 Å². The van der Waals surface area contributed by atoms with E-state index in [1.165, 1.54) is 22.0 Å². The molecule has 0 saturated carbocycles. The minimum absolute atomic E-state index is 0.00355. The molecule has 3 fully saturated rings. The van der Waals surface area contributed by atoms with Gasteiger partial charge in [0.05, 0.1) is 55.2 Å². The molecule has 25 nitrogen and oxygen atoms in total. The summed E-state index contributed by atoms with van der Waals surface area (Å²) in [5, 5.41) is 30.9. The Morgan fingerprint density at radius 3 is 2.11 bits per heavy atom. The second-order valence-corrected chi connectivity index (χ2v) is 25.1. The van der Waals surface area contributed by atoms with Gasteiger partial charge >= 0.3 is 24.2 Å². The highest BCUT2D eigenvalue weighted by Gasteiger charge is 2.57. The number of carbonyl (C=O) groups excluding carboxylic acids is 9. The lowest BCUT2D eigenvalue weighted by Gasteiger charge is -2.35. The fourth-order valence-electron chi connectivity index (χ4n) is 12.0. The average molecular weight is 1260 g/mol. The first kappa shape index (κ1) is 73.5. The van der Waals surface area contributed by atoms with Crippen LogP contribution in [0.3, 0.4) is 0 Å². The van der Waals surface area contributed by atoms with Crippen molar-refractivity contribution in [3.8, 4) is 0 Å². The molecule has 25 heteroatoms. The van der Waals surface area contributed by atoms with Crippen LogP contribution in [-0.2, 0) is 63.9 Å². The quantitative estimate of drug-likeness (QED) is 0.0167. The number of nitrogens with two attached hydrogens (primary N) is 1. The van der Waals surface area contributed by atoms with Gasteiger partial charge in [0.25, 0.3) is 11.8 Å². The highest BCUT2D eigenvalue weighted by molar-refractivity contribution is 6.12. The van der Waals surface area contributed by atoms with E-state index in [2.05, 4.69) is 48.1 Å². The number of hydrogen-bond acceptors (Lipinski definition) is 16. The summed E-state index contributed by atoms with van der Waals surface area (Å²) in [6, 6.07) is 3.78. The summed E-state index contributed by atoms with van der Waals surface area (Å²) in [5.74, 6) is -4.16. The monoisotopic (exact) mass is 1260 g/mol. The number of piperazine rings is 1. The van der Waals surface area contributed by atoms with Crippen LogP contribution in [0.1, 0.15) is 144 Å². The van der Waals surface area contributed by atoms with Crippen molar-refractivity contribution in [1.29, 1.82) is 0 Å². The largest absolute Gasteiger partial charge is 0.480 e. The first-order valence-corrected chi connectivity index (χ1v) is 31.7. The van der Waals surface area contributed by atoms with Crippen molar-refractivity contribution < 1.29 is 81.8 Å². The number of ketones is 1. The normalized spacial score (nSPS) is 22.5. The third-order valence-electron chi connectivity index (χ3n) is 17.1. The fourth-order valence-corrected chi connectivity index (χ4v) is 12.0. The van der Waals surface area contributed by atoms with E-state index in [0.717, 1.165) is 23.3 Å². The van der Waals surface area contributed by atoms with Crippen LogP contribution in [0.2, 0.25) is 0 Å². The molecular weight excluding hydrogens is 1160 g/mol. The van der Waals surface area contributed by atoms with Crippen LogP contribution >= 0.6 is 0 Å². The Labute approximate surface area is 528 Å². The van der Waals surface area contributed by atoms with E-state index < -0.39 is 66.2 Å². The van der Waals surface area contributed by atoms with Gasteiger partial charge in [-0.2, -0.15) is 0 Å². The van der Waals surface area contributed by atoms with Gasteiger partial charge in [-0.3, -0.25) is 33.7 Å². The zero-order valence-electron chi connectivity index (χ0n) is 53.9. The van der Waals surface area contributed by atoms with Gasteiger partial charge in [-0.1, -0.05) is 71.4 Å². The Morgan fingerprint density at radius 2 is 1.50 bits per heavy atom. The second kappa shape index (κ2) is 36.0. The van der Waals surface area contributed by atoms with Crippen molar-refractivity contribution in [2.45, 2.75) is 194 Å². The lowest BCUT2D eigenvalue weighted by molar-refractivity contribution is -0.143. The van der Waals surface area contributed by atoms with Crippen molar-refractivity contribution in [1.82, 2.24) is 30.7 Å². The highest BCUT2D eigenvalue weighted by Crippen LogP contribution is 2.47. The molecule has 4 aliphatic rings. The minimum Gasteiger partial charge on any atom is -0.480 e. The maximum atomic E-state index is 13.7. The lowest BCUT2D eigenvalue weighted by Crippen LogP contribution is -2.50. The van der Waals surface area contributed by atoms with Gasteiger partial charge in [-0.25, -0.2) is 19.2 Å². The van der Waals surface area contributed by atoms with Crippen LogP contribution in [0.5, 0.6) is 0 Å². The van der Waals surface area contributed by atoms with Crippen LogP contribution in [0.25, 0.3) is 0 Å². The molecule has 4 heterocycles. The predicted octanol–water partition coefficient (Wildman–Crippen LogP) is 6.31. The van der Waals surface area contributed by atoms with Gasteiger partial charge in [-0.05, 0) is 120 Å². The summed E-state index contributed by atoms with van der Waals surface area (Å²) in [7, 11) is 1.60. The van der Waals surface area contributed by atoms with Crippen molar-refractivity contribution in [2.75, 3.05) is 58.3 Å². The summed E-state index contributed by atoms with van der Waals surface area (Å²) in [4.78, 5) is 131. The number of aliphatic hydroxyl groups is 1. The smallest absolute Gasteiger partial charge is 0.410 e. The van der Waals surface area contributed by atoms with Crippen LogP contribution < -0.4 is 27.0 Å². The van der Waals surface area contributed by atoms with Gasteiger partial charge in [0.2, 0.25) is 17.7 Å². The Balaban J connectivity index is 0.980. The number of imide groups is 1. The summed E-state index contributed by atoms with van der Waals surface area (Å²) in [5.41, 5.74) is 6.97. The summed E-state index contributed by atoms with van der Waals surface area (Å²) in [6.07, 6.45) is 10.4. The number of epoxide rings is 1. The van der Waals surface area contributed by atoms with Crippen molar-refractivity contribution in [2.24, 2.45) is 35.3 Å². The van der Waals surface area contributed by atoms with Crippen molar-refractivity contribution in [3.63, 3.8) is 0 Å². The number of primary amides is 1. The Kier molecular flexibility index (Phi) is 29.4. The zero-order valence-corrected chi connectivity index (χ0v) is 53.9. The summed E-state index contributed by atoms with van der Waals surface area (Å²) >= 11 is 0. The molecule has 500 valence electrons. The Bertz CT molecular complexity index is 2690. The maximum Gasteiger partial charge on any atom is 0.410 e. The van der Waals surface area contributed by atoms with Crippen LogP contribution in [0.4, 0.5) is 20.1 Å². The molecule has 1 aromatic rings. The van der Waals surface area contributed by atoms with E-state index >= 15 is 0 Å². The first-order valence-electron chi connectivity index (χ1n) is 31.7. The van der Waals surface area contributed by atoms with E-state index in [4.69, 9.17) is 29.4 Å². The number of anilines is 1. The molecule has 3 saturated heterocycles. The van der Waals surface area contributed by atoms with Gasteiger partial charge in [-0.15, -0.1) is 0 Å². The average Bonchev–Trinajstić information content (AvgIpc) is 1.60. The third-order valence-corrected chi connectivity index (χ3v) is 17.1. The van der Waals surface area contributed by atoms with E-state index in [1.807, 2.05) is 26.0 Å². The molecule has 5 rings (SSSR count). The number of benzene rings is 1. The zero-order chi connectivity index (χ0) is 66.2. The van der Waals surface area contributed by atoms with E-state index in [9.17, 15) is 58.2 Å². The topological polar surface area (TPSA) is 344 Å². The number of allylic oxidation sites excluding steroid dienone is 3. The molecule has 8 N–H and O–H groups in total. The first-order chi connectivity index (χ1) is 42.7. The van der Waals surface area contributed by atoms with E-state index in [0.29, 0.717) is 43.4 Å². The number of nitrogens with zero attached hydrogens (tertiary/aromatic N) is 3. The maximum absolute atomic E-state index is 13.7. The summed E-state index contributed by atoms with van der Waals surface area (Å²) < 4.78 is 29.1. The number of Topliss-reactive ketones (excluding diaryl/α,β-unsaturated/α-hetero) is 1. The third kappa shape index (κ3) is 23.5. The number of aliphatic hydroxyl groups excluding tert-OH is 1. The number of hydrogen-bond donors (Lipinski definition) is 7. The van der Waals surface area contributed by atoms with E-state index in [-0.39, 0.29) is 162 Å². The van der Waals surface area contributed by atoms with Gasteiger partial charge in [0.15, 0.2) is 5.78 Å². The predicted molar refractivity (Wildman–Crippen MR) is 333 cm³/mol. The number of aliphatic carboxylic acids is 1.